The number of ether oxygens (including phenoxy) is 1. The maximum atomic E-state index is 12.6. The molecule has 0 aromatic carbocycles. The van der Waals surface area contributed by atoms with Crippen LogP contribution in [-0.2, 0) is 16.1 Å². The number of hydrogen-bond donors (Lipinski definition) is 0. The van der Waals surface area contributed by atoms with Gasteiger partial charge >= 0.3 is 0 Å². The number of morpholine rings is 1. The number of amides is 1. The highest BCUT2D eigenvalue weighted by molar-refractivity contribution is 7.09. The van der Waals surface area contributed by atoms with Crippen LogP contribution in [-0.4, -0.2) is 59.6 Å². The standard InChI is InChI=1S/C14H21N3O2S/c1-11-15-12(10-20-11)9-17-4-2-3-13(17)14(18)16-5-7-19-8-6-16/h10,13H,2-9H2,1H3/t13-/m0/s1. The summed E-state index contributed by atoms with van der Waals surface area (Å²) in [6.45, 7) is 6.63. The molecule has 2 aliphatic heterocycles. The normalized spacial score (nSPS) is 24.2. The molecule has 0 unspecified atom stereocenters. The third-order valence-electron chi connectivity index (χ3n) is 4.00. The van der Waals surface area contributed by atoms with E-state index in [1.54, 1.807) is 11.3 Å². The van der Waals surface area contributed by atoms with Crippen molar-refractivity contribution in [3.8, 4) is 0 Å². The van der Waals surface area contributed by atoms with Gasteiger partial charge in [-0.15, -0.1) is 11.3 Å². The third-order valence-corrected chi connectivity index (χ3v) is 4.83. The summed E-state index contributed by atoms with van der Waals surface area (Å²) in [6.07, 6.45) is 2.07. The highest BCUT2D eigenvalue weighted by Crippen LogP contribution is 2.23. The van der Waals surface area contributed by atoms with Crippen molar-refractivity contribution in [2.75, 3.05) is 32.8 Å². The van der Waals surface area contributed by atoms with Crippen molar-refractivity contribution in [2.24, 2.45) is 0 Å². The van der Waals surface area contributed by atoms with E-state index in [1.165, 1.54) is 0 Å². The van der Waals surface area contributed by atoms with E-state index in [-0.39, 0.29) is 11.9 Å². The van der Waals surface area contributed by atoms with Crippen LogP contribution in [0.3, 0.4) is 0 Å². The molecule has 20 heavy (non-hydrogen) atoms. The molecular formula is C14H21N3O2S. The summed E-state index contributed by atoms with van der Waals surface area (Å²) in [5.74, 6) is 0.276. The number of aromatic nitrogens is 1. The van der Waals surface area contributed by atoms with E-state index in [2.05, 4.69) is 15.3 Å². The molecule has 1 aromatic heterocycles. The molecule has 3 heterocycles. The molecule has 2 fully saturated rings. The zero-order chi connectivity index (χ0) is 13.9. The van der Waals surface area contributed by atoms with Gasteiger partial charge in [0.2, 0.25) is 5.91 Å². The molecule has 1 amide bonds. The Balaban J connectivity index is 1.63. The highest BCUT2D eigenvalue weighted by atomic mass is 32.1. The first-order valence-electron chi connectivity index (χ1n) is 7.25. The number of thiazole rings is 1. The summed E-state index contributed by atoms with van der Waals surface area (Å²) in [5.41, 5.74) is 1.09. The van der Waals surface area contributed by atoms with Crippen molar-refractivity contribution in [1.82, 2.24) is 14.8 Å². The molecule has 2 saturated heterocycles. The van der Waals surface area contributed by atoms with Gasteiger partial charge in [0.1, 0.15) is 0 Å². The van der Waals surface area contributed by atoms with E-state index >= 15 is 0 Å². The summed E-state index contributed by atoms with van der Waals surface area (Å²) < 4.78 is 5.32. The van der Waals surface area contributed by atoms with E-state index in [0.29, 0.717) is 13.2 Å². The van der Waals surface area contributed by atoms with Crippen LogP contribution >= 0.6 is 11.3 Å². The van der Waals surface area contributed by atoms with Gasteiger partial charge in [-0.25, -0.2) is 4.98 Å². The Kier molecular flexibility index (Phi) is 4.33. The second kappa shape index (κ2) is 6.20. The molecule has 5 nitrogen and oxygen atoms in total. The molecule has 0 N–H and O–H groups in total. The SMILES string of the molecule is Cc1nc(CN2CCC[C@H]2C(=O)N2CCOCC2)cs1. The molecule has 0 saturated carbocycles. The van der Waals surface area contributed by atoms with E-state index in [9.17, 15) is 4.79 Å². The number of carbonyl (C=O) groups is 1. The maximum absolute atomic E-state index is 12.6. The van der Waals surface area contributed by atoms with Gasteiger partial charge in [-0.2, -0.15) is 0 Å². The van der Waals surface area contributed by atoms with Gasteiger partial charge in [-0.05, 0) is 26.3 Å². The van der Waals surface area contributed by atoms with Crippen LogP contribution in [0.4, 0.5) is 0 Å². The summed E-state index contributed by atoms with van der Waals surface area (Å²) in [6, 6.07) is 0.0371. The van der Waals surface area contributed by atoms with Crippen molar-refractivity contribution in [2.45, 2.75) is 32.4 Å². The van der Waals surface area contributed by atoms with Crippen LogP contribution in [0.25, 0.3) is 0 Å². The quantitative estimate of drug-likeness (QED) is 0.842. The predicted octanol–water partition coefficient (Wildman–Crippen LogP) is 1.27. The molecule has 0 spiro atoms. The van der Waals surface area contributed by atoms with Crippen molar-refractivity contribution in [1.29, 1.82) is 0 Å². The van der Waals surface area contributed by atoms with E-state index in [1.807, 2.05) is 11.8 Å². The van der Waals surface area contributed by atoms with Crippen LogP contribution in [0.5, 0.6) is 0 Å². The number of rotatable bonds is 3. The molecular weight excluding hydrogens is 274 g/mol. The maximum Gasteiger partial charge on any atom is 0.240 e. The fraction of sp³-hybridized carbons (Fsp3) is 0.714. The molecule has 6 heteroatoms. The number of carbonyl (C=O) groups excluding carboxylic acids is 1. The minimum absolute atomic E-state index is 0.0371. The first-order valence-corrected chi connectivity index (χ1v) is 8.13. The average molecular weight is 295 g/mol. The second-order valence-electron chi connectivity index (χ2n) is 5.42. The topological polar surface area (TPSA) is 45.7 Å². The van der Waals surface area contributed by atoms with Gasteiger partial charge in [0.25, 0.3) is 0 Å². The molecule has 0 radical (unpaired) electrons. The molecule has 2 aliphatic rings. The number of likely N-dealkylation sites (tertiary alicyclic amines) is 1. The number of hydrogen-bond acceptors (Lipinski definition) is 5. The Morgan fingerprint density at radius 1 is 1.45 bits per heavy atom. The lowest BCUT2D eigenvalue weighted by molar-refractivity contribution is -0.140. The zero-order valence-corrected chi connectivity index (χ0v) is 12.7. The Morgan fingerprint density at radius 3 is 2.95 bits per heavy atom. The van der Waals surface area contributed by atoms with Crippen LogP contribution in [0.1, 0.15) is 23.5 Å². The van der Waals surface area contributed by atoms with Gasteiger partial charge in [0.15, 0.2) is 0 Å². The Hall–Kier alpha value is -0.980. The first kappa shape index (κ1) is 14.0. The second-order valence-corrected chi connectivity index (χ2v) is 6.49. The van der Waals surface area contributed by atoms with Gasteiger partial charge in [-0.1, -0.05) is 0 Å². The van der Waals surface area contributed by atoms with E-state index < -0.39 is 0 Å². The minimum Gasteiger partial charge on any atom is -0.378 e. The smallest absolute Gasteiger partial charge is 0.240 e. The van der Waals surface area contributed by atoms with Crippen molar-refractivity contribution in [3.63, 3.8) is 0 Å². The Labute approximate surface area is 123 Å². The lowest BCUT2D eigenvalue weighted by Gasteiger charge is -2.32. The van der Waals surface area contributed by atoms with Crippen LogP contribution in [0.2, 0.25) is 0 Å². The van der Waals surface area contributed by atoms with Crippen LogP contribution in [0.15, 0.2) is 5.38 Å². The molecule has 3 rings (SSSR count). The van der Waals surface area contributed by atoms with Crippen molar-refractivity contribution < 1.29 is 9.53 Å². The molecule has 1 atom stereocenters. The fourth-order valence-electron chi connectivity index (χ4n) is 2.98. The van der Waals surface area contributed by atoms with Gasteiger partial charge in [0.05, 0.1) is 30.0 Å². The van der Waals surface area contributed by atoms with Gasteiger partial charge in [-0.3, -0.25) is 9.69 Å². The van der Waals surface area contributed by atoms with Crippen LogP contribution in [0, 0.1) is 6.92 Å². The fourth-order valence-corrected chi connectivity index (χ4v) is 3.58. The van der Waals surface area contributed by atoms with Crippen LogP contribution < -0.4 is 0 Å². The van der Waals surface area contributed by atoms with Crippen molar-refractivity contribution >= 4 is 17.2 Å². The molecule has 0 aliphatic carbocycles. The largest absolute Gasteiger partial charge is 0.378 e. The van der Waals surface area contributed by atoms with Crippen molar-refractivity contribution in [3.05, 3.63) is 16.1 Å². The lowest BCUT2D eigenvalue weighted by atomic mass is 10.2. The molecule has 110 valence electrons. The van der Waals surface area contributed by atoms with Gasteiger partial charge in [0, 0.05) is 25.0 Å². The lowest BCUT2D eigenvalue weighted by Crippen LogP contribution is -2.49. The monoisotopic (exact) mass is 295 g/mol. The highest BCUT2D eigenvalue weighted by Gasteiger charge is 2.34. The summed E-state index contributed by atoms with van der Waals surface area (Å²) in [7, 11) is 0. The predicted molar refractivity (Wildman–Crippen MR) is 77.7 cm³/mol. The van der Waals surface area contributed by atoms with Gasteiger partial charge < -0.3 is 9.64 Å². The first-order chi connectivity index (χ1) is 9.74. The number of nitrogens with zero attached hydrogens (tertiary/aromatic N) is 3. The molecule has 1 aromatic rings. The Morgan fingerprint density at radius 2 is 2.25 bits per heavy atom. The Bertz CT molecular complexity index is 471. The average Bonchev–Trinajstić information content (AvgIpc) is 3.09. The van der Waals surface area contributed by atoms with E-state index in [4.69, 9.17) is 4.74 Å². The molecule has 0 bridgehead atoms. The third kappa shape index (κ3) is 3.02. The van der Waals surface area contributed by atoms with E-state index in [0.717, 1.165) is 49.7 Å². The zero-order valence-electron chi connectivity index (χ0n) is 11.9. The summed E-state index contributed by atoms with van der Waals surface area (Å²) in [4.78, 5) is 21.4. The minimum atomic E-state index is 0.0371. The number of aryl methyl sites for hydroxylation is 1. The summed E-state index contributed by atoms with van der Waals surface area (Å²) >= 11 is 1.68. The summed E-state index contributed by atoms with van der Waals surface area (Å²) in [5, 5.41) is 3.19.